The lowest BCUT2D eigenvalue weighted by Gasteiger charge is -2.42. The minimum Gasteiger partial charge on any atom is -0.289 e. The van der Waals surface area contributed by atoms with Crippen molar-refractivity contribution in [1.82, 2.24) is 20.4 Å². The molecule has 0 saturated carbocycles. The van der Waals surface area contributed by atoms with E-state index in [4.69, 9.17) is 0 Å². The quantitative estimate of drug-likeness (QED) is 0.220. The van der Waals surface area contributed by atoms with Crippen LogP contribution in [0.15, 0.2) is 60.7 Å². The number of hydrazine groups is 1. The summed E-state index contributed by atoms with van der Waals surface area (Å²) < 4.78 is 0. The molecule has 0 aromatic heterocycles. The van der Waals surface area contributed by atoms with E-state index in [0.717, 1.165) is 20.5 Å². The second kappa shape index (κ2) is 14.5. The maximum absolute atomic E-state index is 14.2. The topological polar surface area (TPSA) is 127 Å². The van der Waals surface area contributed by atoms with E-state index >= 15 is 0 Å². The fourth-order valence-electron chi connectivity index (χ4n) is 4.81. The number of imide groups is 1. The first-order valence-corrected chi connectivity index (χ1v) is 14.2. The highest BCUT2D eigenvalue weighted by atomic mass is 16.5. The van der Waals surface area contributed by atoms with E-state index in [9.17, 15) is 29.2 Å². The Kier molecular flexibility index (Phi) is 11.2. The second-order valence-electron chi connectivity index (χ2n) is 11.2. The monoisotopic (exact) mass is 576 g/mol. The summed E-state index contributed by atoms with van der Waals surface area (Å²) in [4.78, 5) is 68.4. The van der Waals surface area contributed by atoms with Gasteiger partial charge in [-0.25, -0.2) is 15.5 Å². The van der Waals surface area contributed by atoms with Crippen molar-refractivity contribution in [2.24, 2.45) is 11.8 Å². The van der Waals surface area contributed by atoms with E-state index in [1.807, 2.05) is 58.0 Å². The summed E-state index contributed by atoms with van der Waals surface area (Å²) in [5.41, 5.74) is 2.92. The minimum absolute atomic E-state index is 0.0159. The van der Waals surface area contributed by atoms with Gasteiger partial charge in [0.2, 0.25) is 5.91 Å². The Labute approximate surface area is 246 Å². The number of hydrogen-bond donors (Lipinski definition) is 2. The highest BCUT2D eigenvalue weighted by molar-refractivity contribution is 6.22. The molecule has 1 aliphatic rings. The Hall–Kier alpha value is -4.31. The summed E-state index contributed by atoms with van der Waals surface area (Å²) in [6, 6.07) is 13.1. The zero-order chi connectivity index (χ0) is 31.0. The molecule has 0 unspecified atom stereocenters. The molecule has 224 valence electrons. The Bertz CT molecular complexity index is 1290. The van der Waals surface area contributed by atoms with E-state index in [1.165, 1.54) is 19.1 Å². The summed E-state index contributed by atoms with van der Waals surface area (Å²) in [6.07, 6.45) is 4.00. The normalized spacial score (nSPS) is 14.3. The molecule has 1 heterocycles. The van der Waals surface area contributed by atoms with Crippen molar-refractivity contribution < 1.29 is 29.2 Å². The molecule has 2 aromatic carbocycles. The van der Waals surface area contributed by atoms with Gasteiger partial charge in [-0.1, -0.05) is 82.3 Å². The van der Waals surface area contributed by atoms with Crippen LogP contribution in [-0.4, -0.2) is 68.3 Å². The van der Waals surface area contributed by atoms with Gasteiger partial charge < -0.3 is 0 Å². The zero-order valence-corrected chi connectivity index (χ0v) is 24.8. The van der Waals surface area contributed by atoms with Crippen molar-refractivity contribution in [2.75, 3.05) is 6.54 Å². The number of carbonyl (C=O) groups is 5. The molecule has 10 heteroatoms. The molecule has 10 nitrogen and oxygen atoms in total. The van der Waals surface area contributed by atoms with Gasteiger partial charge in [0.05, 0.1) is 11.1 Å². The average Bonchev–Trinajstić information content (AvgIpc) is 3.23. The molecule has 2 atom stereocenters. The smallest absolute Gasteiger partial charge is 0.268 e. The zero-order valence-electron chi connectivity index (χ0n) is 24.8. The van der Waals surface area contributed by atoms with Crippen LogP contribution in [0, 0.1) is 11.8 Å². The van der Waals surface area contributed by atoms with Gasteiger partial charge in [-0.3, -0.25) is 34.1 Å². The van der Waals surface area contributed by atoms with E-state index in [1.54, 1.807) is 29.8 Å². The number of nitrogens with zero attached hydrogens (tertiary/aromatic N) is 3. The number of rotatable bonds is 12. The first kappa shape index (κ1) is 32.2. The summed E-state index contributed by atoms with van der Waals surface area (Å²) in [5.74, 6) is -3.25. The fourth-order valence-corrected chi connectivity index (χ4v) is 4.81. The van der Waals surface area contributed by atoms with Crippen LogP contribution in [0.5, 0.6) is 0 Å². The molecule has 0 spiro atoms. The largest absolute Gasteiger partial charge is 0.289 e. The maximum Gasteiger partial charge on any atom is 0.268 e. The Balaban J connectivity index is 2.03. The van der Waals surface area contributed by atoms with Crippen molar-refractivity contribution in [3.05, 3.63) is 77.4 Å². The van der Waals surface area contributed by atoms with Crippen LogP contribution in [0.2, 0.25) is 0 Å². The van der Waals surface area contributed by atoms with Crippen molar-refractivity contribution in [3.8, 4) is 0 Å². The lowest BCUT2D eigenvalue weighted by Crippen LogP contribution is -2.62. The lowest BCUT2D eigenvalue weighted by atomic mass is 10.1. The maximum atomic E-state index is 14.2. The molecule has 0 bridgehead atoms. The average molecular weight is 577 g/mol. The van der Waals surface area contributed by atoms with Crippen LogP contribution >= 0.6 is 0 Å². The van der Waals surface area contributed by atoms with Crippen LogP contribution in [-0.2, 0) is 14.4 Å². The van der Waals surface area contributed by atoms with E-state index in [2.05, 4.69) is 0 Å². The van der Waals surface area contributed by atoms with Crippen LogP contribution < -0.4 is 5.48 Å². The highest BCUT2D eigenvalue weighted by Gasteiger charge is 2.44. The summed E-state index contributed by atoms with van der Waals surface area (Å²) in [6.45, 7) is 9.07. The molecule has 3 rings (SSSR count). The Morgan fingerprint density at radius 1 is 0.881 bits per heavy atom. The summed E-state index contributed by atoms with van der Waals surface area (Å²) in [5, 5.41) is 11.9. The number of benzene rings is 2. The summed E-state index contributed by atoms with van der Waals surface area (Å²) >= 11 is 0. The van der Waals surface area contributed by atoms with Gasteiger partial charge in [0.1, 0.15) is 12.1 Å². The molecule has 2 N–H and O–H groups in total. The molecule has 0 fully saturated rings. The third kappa shape index (κ3) is 7.50. The van der Waals surface area contributed by atoms with Gasteiger partial charge in [0.25, 0.3) is 23.6 Å². The third-order valence-electron chi connectivity index (χ3n) is 6.99. The predicted molar refractivity (Wildman–Crippen MR) is 158 cm³/mol. The Morgan fingerprint density at radius 2 is 1.45 bits per heavy atom. The number of amides is 5. The van der Waals surface area contributed by atoms with Crippen molar-refractivity contribution in [2.45, 2.75) is 66.0 Å². The molecule has 1 aliphatic heterocycles. The number of hydrogen-bond acceptors (Lipinski definition) is 6. The first-order chi connectivity index (χ1) is 20.0. The van der Waals surface area contributed by atoms with Crippen LogP contribution in [0.25, 0.3) is 6.08 Å². The molecule has 5 amide bonds. The molecular weight excluding hydrogens is 536 g/mol. The molecule has 0 saturated heterocycles. The standard InChI is InChI=1S/C32H40N4O6/c1-21(2)18-19-28(37)36(27(29(38)33-42)17-11-14-24-12-7-6-8-13-24)34(20-22(3)4)30(39)23(5)35-31(40)25-15-9-10-16-26(25)32(35)41/h6-16,21-23,27,42H,17-20H2,1-5H3,(H,33,38)/t23-,27-/m0/s1. The fraction of sp³-hybridized carbons (Fsp3) is 0.406. The van der Waals surface area contributed by atoms with Crippen LogP contribution in [0.4, 0.5) is 0 Å². The predicted octanol–water partition coefficient (Wildman–Crippen LogP) is 4.31. The van der Waals surface area contributed by atoms with Crippen molar-refractivity contribution in [1.29, 1.82) is 0 Å². The molecule has 0 aliphatic carbocycles. The van der Waals surface area contributed by atoms with Crippen molar-refractivity contribution in [3.63, 3.8) is 0 Å². The van der Waals surface area contributed by atoms with E-state index in [0.29, 0.717) is 6.42 Å². The third-order valence-corrected chi connectivity index (χ3v) is 6.99. The first-order valence-electron chi connectivity index (χ1n) is 14.2. The number of carbonyl (C=O) groups excluding carboxylic acids is 5. The van der Waals surface area contributed by atoms with Crippen LogP contribution in [0.1, 0.15) is 80.2 Å². The van der Waals surface area contributed by atoms with Gasteiger partial charge in [0, 0.05) is 13.0 Å². The molecule has 0 radical (unpaired) electrons. The summed E-state index contributed by atoms with van der Waals surface area (Å²) in [7, 11) is 0. The number of nitrogens with one attached hydrogen (secondary N) is 1. The SMILES string of the molecule is CC(C)CCC(=O)N([C@@H](CC=Cc1ccccc1)C(=O)NO)N(CC(C)C)C(=O)[C@H](C)N1C(=O)c2ccccc2C1=O. The molecule has 42 heavy (non-hydrogen) atoms. The van der Waals surface area contributed by atoms with Crippen molar-refractivity contribution >= 4 is 35.6 Å². The van der Waals surface area contributed by atoms with Gasteiger partial charge in [-0.15, -0.1) is 0 Å². The lowest BCUT2D eigenvalue weighted by molar-refractivity contribution is -0.177. The number of hydroxylamine groups is 1. The number of fused-ring (bicyclic) bond motifs is 1. The van der Waals surface area contributed by atoms with Gasteiger partial charge in [-0.2, -0.15) is 0 Å². The Morgan fingerprint density at radius 3 is 1.98 bits per heavy atom. The molecule has 2 aromatic rings. The van der Waals surface area contributed by atoms with Crippen LogP contribution in [0.3, 0.4) is 0 Å². The second-order valence-corrected chi connectivity index (χ2v) is 11.2. The van der Waals surface area contributed by atoms with E-state index in [-0.39, 0.29) is 42.3 Å². The minimum atomic E-state index is -1.29. The van der Waals surface area contributed by atoms with E-state index < -0.39 is 41.6 Å². The molecular formula is C32H40N4O6. The van der Waals surface area contributed by atoms with Gasteiger partial charge >= 0.3 is 0 Å². The van der Waals surface area contributed by atoms with Gasteiger partial charge in [-0.05, 0) is 49.3 Å². The highest BCUT2D eigenvalue weighted by Crippen LogP contribution is 2.27. The van der Waals surface area contributed by atoms with Gasteiger partial charge in [0.15, 0.2) is 0 Å².